The van der Waals surface area contributed by atoms with Crippen LogP contribution in [0.5, 0.6) is 0 Å². The van der Waals surface area contributed by atoms with Gasteiger partial charge in [0.15, 0.2) is 0 Å². The normalized spacial score (nSPS) is 10.1. The molecule has 2 heterocycles. The van der Waals surface area contributed by atoms with Gasteiger partial charge in [0, 0.05) is 18.6 Å². The lowest BCUT2D eigenvalue weighted by Crippen LogP contribution is -1.93. The Bertz CT molecular complexity index is 363. The zero-order chi connectivity index (χ0) is 8.39. The maximum Gasteiger partial charge on any atom is 0.136 e. The van der Waals surface area contributed by atoms with E-state index in [1.807, 2.05) is 41.4 Å². The van der Waals surface area contributed by atoms with Crippen LogP contribution in [0, 0.1) is 6.92 Å². The molecule has 2 rings (SSSR count). The number of aromatic nitrogens is 2. The fourth-order valence-electron chi connectivity index (χ4n) is 1.15. The molecule has 2 heteroatoms. The summed E-state index contributed by atoms with van der Waals surface area (Å²) >= 11 is 0. The Morgan fingerprint density at radius 3 is 2.67 bits per heavy atom. The predicted molar refractivity (Wildman–Crippen MR) is 48.3 cm³/mol. The maximum atomic E-state index is 4.24. The largest absolute Gasteiger partial charge is 0.309 e. The molecule has 0 aliphatic carbocycles. The van der Waals surface area contributed by atoms with Gasteiger partial charge in [0.05, 0.1) is 0 Å². The molecule has 2 aromatic heterocycles. The van der Waals surface area contributed by atoms with E-state index in [2.05, 4.69) is 18.0 Å². The average molecular weight is 158 g/mol. The summed E-state index contributed by atoms with van der Waals surface area (Å²) in [7, 11) is 0. The third-order valence-corrected chi connectivity index (χ3v) is 1.77. The quantitative estimate of drug-likeness (QED) is 0.622. The van der Waals surface area contributed by atoms with Crippen LogP contribution in [0.15, 0.2) is 42.9 Å². The molecule has 2 aromatic rings. The summed E-state index contributed by atoms with van der Waals surface area (Å²) in [5.41, 5.74) is 1.23. The van der Waals surface area contributed by atoms with Crippen LogP contribution in [0.4, 0.5) is 0 Å². The van der Waals surface area contributed by atoms with E-state index in [1.54, 1.807) is 0 Å². The van der Waals surface area contributed by atoms with Crippen LogP contribution in [0.3, 0.4) is 0 Å². The highest BCUT2D eigenvalue weighted by molar-refractivity contribution is 5.27. The summed E-state index contributed by atoms with van der Waals surface area (Å²) < 4.78 is 1.99. The summed E-state index contributed by atoms with van der Waals surface area (Å²) in [5, 5.41) is 0. The van der Waals surface area contributed by atoms with Gasteiger partial charge in [0.2, 0.25) is 0 Å². The van der Waals surface area contributed by atoms with Crippen molar-refractivity contribution >= 4 is 0 Å². The highest BCUT2D eigenvalue weighted by Gasteiger charge is 1.94. The molecule has 2 nitrogen and oxygen atoms in total. The van der Waals surface area contributed by atoms with Crippen LogP contribution in [0.25, 0.3) is 5.82 Å². The van der Waals surface area contributed by atoms with Crippen molar-refractivity contribution in [3.63, 3.8) is 0 Å². The van der Waals surface area contributed by atoms with Crippen molar-refractivity contribution in [2.45, 2.75) is 6.92 Å². The van der Waals surface area contributed by atoms with Gasteiger partial charge >= 0.3 is 0 Å². The summed E-state index contributed by atoms with van der Waals surface area (Å²) in [6, 6.07) is 8.03. The molecule has 0 bridgehead atoms. The second kappa shape index (κ2) is 2.81. The molecule has 0 atom stereocenters. The van der Waals surface area contributed by atoms with Crippen LogP contribution in [-0.4, -0.2) is 9.55 Å². The van der Waals surface area contributed by atoms with Gasteiger partial charge in [-0.15, -0.1) is 0 Å². The van der Waals surface area contributed by atoms with Gasteiger partial charge in [-0.05, 0) is 36.8 Å². The van der Waals surface area contributed by atoms with Crippen molar-refractivity contribution in [3.05, 3.63) is 48.4 Å². The number of nitrogens with zero attached hydrogens (tertiary/aromatic N) is 2. The zero-order valence-corrected chi connectivity index (χ0v) is 6.94. The molecular formula is C10H10N2. The van der Waals surface area contributed by atoms with Gasteiger partial charge in [-0.1, -0.05) is 0 Å². The summed E-state index contributed by atoms with van der Waals surface area (Å²) in [5.74, 6) is 0.972. The van der Waals surface area contributed by atoms with E-state index in [1.165, 1.54) is 5.56 Å². The van der Waals surface area contributed by atoms with Crippen LogP contribution in [-0.2, 0) is 0 Å². The minimum atomic E-state index is 0.972. The number of rotatable bonds is 1. The second-order valence-corrected chi connectivity index (χ2v) is 2.78. The Morgan fingerprint density at radius 2 is 2.00 bits per heavy atom. The molecule has 0 aromatic carbocycles. The predicted octanol–water partition coefficient (Wildman–Crippen LogP) is 2.18. The molecule has 0 radical (unpaired) electrons. The molecule has 0 N–H and O–H groups in total. The second-order valence-electron chi connectivity index (χ2n) is 2.78. The summed E-state index contributed by atoms with van der Waals surface area (Å²) in [6.45, 7) is 2.06. The lowest BCUT2D eigenvalue weighted by molar-refractivity contribution is 1.00. The number of hydrogen-bond acceptors (Lipinski definition) is 1. The van der Waals surface area contributed by atoms with Crippen molar-refractivity contribution in [1.29, 1.82) is 0 Å². The van der Waals surface area contributed by atoms with Gasteiger partial charge in [0.1, 0.15) is 5.82 Å². The Kier molecular flexibility index (Phi) is 1.67. The first kappa shape index (κ1) is 7.10. The molecular weight excluding hydrogens is 148 g/mol. The third kappa shape index (κ3) is 1.23. The highest BCUT2D eigenvalue weighted by atomic mass is 15.0. The molecule has 0 saturated heterocycles. The smallest absolute Gasteiger partial charge is 0.136 e. The molecule has 0 amide bonds. The van der Waals surface area contributed by atoms with E-state index in [4.69, 9.17) is 0 Å². The zero-order valence-electron chi connectivity index (χ0n) is 6.94. The van der Waals surface area contributed by atoms with Crippen LogP contribution in [0.1, 0.15) is 5.56 Å². The van der Waals surface area contributed by atoms with Crippen molar-refractivity contribution in [2.75, 3.05) is 0 Å². The topological polar surface area (TPSA) is 17.8 Å². The Morgan fingerprint density at radius 1 is 1.25 bits per heavy atom. The molecule has 12 heavy (non-hydrogen) atoms. The van der Waals surface area contributed by atoms with Gasteiger partial charge < -0.3 is 4.57 Å². The van der Waals surface area contributed by atoms with Gasteiger partial charge in [-0.3, -0.25) is 0 Å². The maximum absolute atomic E-state index is 4.24. The third-order valence-electron chi connectivity index (χ3n) is 1.77. The molecule has 0 unspecified atom stereocenters. The van der Waals surface area contributed by atoms with Crippen molar-refractivity contribution in [3.8, 4) is 5.82 Å². The first-order valence-corrected chi connectivity index (χ1v) is 3.92. The van der Waals surface area contributed by atoms with E-state index in [9.17, 15) is 0 Å². The van der Waals surface area contributed by atoms with E-state index in [0.29, 0.717) is 0 Å². The van der Waals surface area contributed by atoms with Crippen LogP contribution in [0.2, 0.25) is 0 Å². The molecule has 0 aliphatic heterocycles. The van der Waals surface area contributed by atoms with Gasteiger partial charge in [-0.25, -0.2) is 4.98 Å². The molecule has 0 spiro atoms. The fraction of sp³-hybridized carbons (Fsp3) is 0.100. The highest BCUT2D eigenvalue weighted by Crippen LogP contribution is 2.05. The lowest BCUT2D eigenvalue weighted by atomic mass is 10.3. The van der Waals surface area contributed by atoms with Gasteiger partial charge in [-0.2, -0.15) is 0 Å². The molecule has 0 aliphatic rings. The van der Waals surface area contributed by atoms with E-state index < -0.39 is 0 Å². The Balaban J connectivity index is 2.48. The van der Waals surface area contributed by atoms with Crippen LogP contribution >= 0.6 is 0 Å². The number of hydrogen-bond donors (Lipinski definition) is 0. The number of aryl methyl sites for hydroxylation is 1. The molecule has 60 valence electrons. The standard InChI is InChI=1S/C10H10N2/c1-9-4-5-11-10(8-9)12-6-2-3-7-12/h2-8H,1H3. The average Bonchev–Trinajstić information content (AvgIpc) is 2.56. The molecule has 0 fully saturated rings. The van der Waals surface area contributed by atoms with E-state index >= 15 is 0 Å². The summed E-state index contributed by atoms with van der Waals surface area (Å²) in [4.78, 5) is 4.24. The van der Waals surface area contributed by atoms with Crippen LogP contribution < -0.4 is 0 Å². The molecule has 0 saturated carbocycles. The first-order valence-electron chi connectivity index (χ1n) is 3.92. The Hall–Kier alpha value is -1.57. The fourth-order valence-corrected chi connectivity index (χ4v) is 1.15. The van der Waals surface area contributed by atoms with Crippen molar-refractivity contribution < 1.29 is 0 Å². The number of pyridine rings is 1. The Labute approximate surface area is 71.5 Å². The van der Waals surface area contributed by atoms with Gasteiger partial charge in [0.25, 0.3) is 0 Å². The van der Waals surface area contributed by atoms with Crippen molar-refractivity contribution in [2.24, 2.45) is 0 Å². The van der Waals surface area contributed by atoms with E-state index in [0.717, 1.165) is 5.82 Å². The monoisotopic (exact) mass is 158 g/mol. The minimum absolute atomic E-state index is 0.972. The van der Waals surface area contributed by atoms with Crippen molar-refractivity contribution in [1.82, 2.24) is 9.55 Å². The minimum Gasteiger partial charge on any atom is -0.309 e. The van der Waals surface area contributed by atoms with E-state index in [-0.39, 0.29) is 0 Å². The SMILES string of the molecule is Cc1ccnc(-n2cccc2)c1. The summed E-state index contributed by atoms with van der Waals surface area (Å²) in [6.07, 6.45) is 5.80. The first-order chi connectivity index (χ1) is 5.86. The lowest BCUT2D eigenvalue weighted by Gasteiger charge is -2.01.